The van der Waals surface area contributed by atoms with Crippen LogP contribution in [0, 0.1) is 11.6 Å². The Hall–Kier alpha value is -1.91. The smallest absolute Gasteiger partial charge is 0.129 e. The zero-order chi connectivity index (χ0) is 14.4. The number of nitrogens with zero attached hydrogens (tertiary/aromatic N) is 2. The Kier molecular flexibility index (Phi) is 3.08. The third-order valence-corrected chi connectivity index (χ3v) is 2.95. The topological polar surface area (TPSA) is 43.8 Å². The van der Waals surface area contributed by atoms with Gasteiger partial charge in [-0.05, 0) is 17.7 Å². The monoisotopic (exact) mass is 265 g/mol. The molecule has 3 nitrogen and oxygen atoms in total. The number of rotatable bonds is 1. The molecule has 0 bridgehead atoms. The number of hydrogen-bond donors (Lipinski definition) is 1. The molecule has 1 aromatic heterocycles. The first-order valence-corrected chi connectivity index (χ1v) is 5.99. The van der Waals surface area contributed by atoms with Crippen molar-refractivity contribution in [3.8, 4) is 11.1 Å². The summed E-state index contributed by atoms with van der Waals surface area (Å²) in [7, 11) is 1.71. The minimum absolute atomic E-state index is 0.270. The maximum absolute atomic E-state index is 13.4. The van der Waals surface area contributed by atoms with Crippen molar-refractivity contribution in [2.75, 3.05) is 5.73 Å². The standard InChI is InChI=1S/C14H17F2N3/c1-14(2,3)12-11(13(17)19(4)18-12)8-5-9(15)7-10(16)6-8/h5-7H,17H2,1-4H3. The van der Waals surface area contributed by atoms with Gasteiger partial charge in [-0.3, -0.25) is 4.68 Å². The van der Waals surface area contributed by atoms with Crippen LogP contribution in [0.4, 0.5) is 14.6 Å². The fourth-order valence-electron chi connectivity index (χ4n) is 2.04. The minimum atomic E-state index is -0.627. The van der Waals surface area contributed by atoms with Gasteiger partial charge in [0.25, 0.3) is 0 Å². The van der Waals surface area contributed by atoms with Crippen molar-refractivity contribution in [2.45, 2.75) is 26.2 Å². The molecule has 0 amide bonds. The van der Waals surface area contributed by atoms with Crippen LogP contribution in [0.25, 0.3) is 11.1 Å². The molecule has 2 rings (SSSR count). The van der Waals surface area contributed by atoms with E-state index in [0.29, 0.717) is 16.9 Å². The second kappa shape index (κ2) is 4.33. The van der Waals surface area contributed by atoms with Crippen LogP contribution in [0.2, 0.25) is 0 Å². The van der Waals surface area contributed by atoms with Crippen molar-refractivity contribution in [2.24, 2.45) is 7.05 Å². The van der Waals surface area contributed by atoms with Gasteiger partial charge in [0.2, 0.25) is 0 Å². The molecule has 1 heterocycles. The molecule has 0 saturated heterocycles. The van der Waals surface area contributed by atoms with Crippen molar-refractivity contribution < 1.29 is 8.78 Å². The van der Waals surface area contributed by atoms with Crippen LogP contribution in [0.1, 0.15) is 26.5 Å². The van der Waals surface area contributed by atoms with Crippen LogP contribution >= 0.6 is 0 Å². The van der Waals surface area contributed by atoms with Crippen LogP contribution < -0.4 is 5.73 Å². The molecule has 0 aliphatic heterocycles. The molecule has 0 spiro atoms. The van der Waals surface area contributed by atoms with Gasteiger partial charge in [0.1, 0.15) is 17.5 Å². The molecular weight excluding hydrogens is 248 g/mol. The van der Waals surface area contributed by atoms with Crippen LogP contribution in [-0.4, -0.2) is 9.78 Å². The average Bonchev–Trinajstić information content (AvgIpc) is 2.53. The Balaban J connectivity index is 2.74. The van der Waals surface area contributed by atoms with Crippen LogP contribution in [0.15, 0.2) is 18.2 Å². The van der Waals surface area contributed by atoms with Gasteiger partial charge in [-0.1, -0.05) is 20.8 Å². The highest BCUT2D eigenvalue weighted by molar-refractivity contribution is 5.77. The zero-order valence-electron chi connectivity index (χ0n) is 11.5. The largest absolute Gasteiger partial charge is 0.383 e. The van der Waals surface area contributed by atoms with E-state index < -0.39 is 11.6 Å². The first-order chi connectivity index (χ1) is 8.70. The lowest BCUT2D eigenvalue weighted by atomic mass is 9.87. The second-order valence-corrected chi connectivity index (χ2v) is 5.64. The van der Waals surface area contributed by atoms with E-state index in [1.165, 1.54) is 16.8 Å². The maximum atomic E-state index is 13.4. The molecule has 0 radical (unpaired) electrons. The van der Waals surface area contributed by atoms with E-state index in [-0.39, 0.29) is 5.41 Å². The molecule has 2 N–H and O–H groups in total. The molecule has 1 aromatic carbocycles. The van der Waals surface area contributed by atoms with Gasteiger partial charge >= 0.3 is 0 Å². The van der Waals surface area contributed by atoms with E-state index in [9.17, 15) is 8.78 Å². The Bertz CT molecular complexity index is 604. The first-order valence-electron chi connectivity index (χ1n) is 5.99. The van der Waals surface area contributed by atoms with Gasteiger partial charge in [0.15, 0.2) is 0 Å². The number of anilines is 1. The fourth-order valence-corrected chi connectivity index (χ4v) is 2.04. The molecule has 0 unspecified atom stereocenters. The highest BCUT2D eigenvalue weighted by Gasteiger charge is 2.26. The highest BCUT2D eigenvalue weighted by Crippen LogP contribution is 2.36. The van der Waals surface area contributed by atoms with E-state index in [1.54, 1.807) is 7.05 Å². The summed E-state index contributed by atoms with van der Waals surface area (Å²) >= 11 is 0. The van der Waals surface area contributed by atoms with E-state index in [4.69, 9.17) is 5.73 Å². The average molecular weight is 265 g/mol. The van der Waals surface area contributed by atoms with E-state index >= 15 is 0 Å². The van der Waals surface area contributed by atoms with Crippen LogP contribution in [-0.2, 0) is 12.5 Å². The van der Waals surface area contributed by atoms with Gasteiger partial charge in [-0.2, -0.15) is 5.10 Å². The Morgan fingerprint density at radius 2 is 1.63 bits per heavy atom. The lowest BCUT2D eigenvalue weighted by Gasteiger charge is -2.17. The first kappa shape index (κ1) is 13.5. The second-order valence-electron chi connectivity index (χ2n) is 5.64. The third-order valence-electron chi connectivity index (χ3n) is 2.95. The van der Waals surface area contributed by atoms with Crippen molar-refractivity contribution in [3.63, 3.8) is 0 Å². The number of nitrogens with two attached hydrogens (primary N) is 1. The molecular formula is C14H17F2N3. The zero-order valence-corrected chi connectivity index (χ0v) is 11.5. The molecule has 0 atom stereocenters. The number of aryl methyl sites for hydroxylation is 1. The van der Waals surface area contributed by atoms with Gasteiger partial charge < -0.3 is 5.73 Å². The van der Waals surface area contributed by atoms with Crippen molar-refractivity contribution in [1.82, 2.24) is 9.78 Å². The Morgan fingerprint density at radius 1 is 1.11 bits per heavy atom. The summed E-state index contributed by atoms with van der Waals surface area (Å²) in [6.07, 6.45) is 0. The maximum Gasteiger partial charge on any atom is 0.129 e. The van der Waals surface area contributed by atoms with Gasteiger partial charge in [0.05, 0.1) is 5.69 Å². The predicted octanol–water partition coefficient (Wildman–Crippen LogP) is 3.25. The predicted molar refractivity (Wildman–Crippen MR) is 71.7 cm³/mol. The normalized spacial score (nSPS) is 11.9. The molecule has 102 valence electrons. The number of benzene rings is 1. The molecule has 5 heteroatoms. The summed E-state index contributed by atoms with van der Waals surface area (Å²) in [5.74, 6) is -0.855. The van der Waals surface area contributed by atoms with Crippen LogP contribution in [0.3, 0.4) is 0 Å². The van der Waals surface area contributed by atoms with Crippen molar-refractivity contribution >= 4 is 5.82 Å². The molecule has 0 aliphatic rings. The molecule has 19 heavy (non-hydrogen) atoms. The summed E-state index contributed by atoms with van der Waals surface area (Å²) < 4.78 is 28.3. The van der Waals surface area contributed by atoms with Gasteiger partial charge in [0, 0.05) is 24.1 Å². The lowest BCUT2D eigenvalue weighted by molar-refractivity contribution is 0.554. The lowest BCUT2D eigenvalue weighted by Crippen LogP contribution is -2.13. The van der Waals surface area contributed by atoms with E-state index in [1.807, 2.05) is 20.8 Å². The summed E-state index contributed by atoms with van der Waals surface area (Å²) in [5, 5.41) is 4.36. The Labute approximate surface area is 111 Å². The SMILES string of the molecule is Cn1nc(C(C)(C)C)c(-c2cc(F)cc(F)c2)c1N. The summed E-state index contributed by atoms with van der Waals surface area (Å²) in [5.41, 5.74) is 7.44. The van der Waals surface area contributed by atoms with Crippen molar-refractivity contribution in [3.05, 3.63) is 35.5 Å². The number of aromatic nitrogens is 2. The quantitative estimate of drug-likeness (QED) is 0.860. The summed E-state index contributed by atoms with van der Waals surface area (Å²) in [6.45, 7) is 5.94. The summed E-state index contributed by atoms with van der Waals surface area (Å²) in [6, 6.07) is 3.38. The van der Waals surface area contributed by atoms with Gasteiger partial charge in [-0.15, -0.1) is 0 Å². The number of nitrogen functional groups attached to an aromatic ring is 1. The molecule has 0 fully saturated rings. The third kappa shape index (κ3) is 2.45. The molecule has 0 saturated carbocycles. The van der Waals surface area contributed by atoms with Crippen molar-refractivity contribution in [1.29, 1.82) is 0 Å². The van der Waals surface area contributed by atoms with E-state index in [0.717, 1.165) is 11.8 Å². The summed E-state index contributed by atoms with van der Waals surface area (Å²) in [4.78, 5) is 0. The van der Waals surface area contributed by atoms with E-state index in [2.05, 4.69) is 5.10 Å². The number of halogens is 2. The van der Waals surface area contributed by atoms with Gasteiger partial charge in [-0.25, -0.2) is 8.78 Å². The van der Waals surface area contributed by atoms with Crippen LogP contribution in [0.5, 0.6) is 0 Å². The Morgan fingerprint density at radius 3 is 2.11 bits per heavy atom. The number of hydrogen-bond acceptors (Lipinski definition) is 2. The minimum Gasteiger partial charge on any atom is -0.383 e. The highest BCUT2D eigenvalue weighted by atomic mass is 19.1. The molecule has 2 aromatic rings. The fraction of sp³-hybridized carbons (Fsp3) is 0.357. The molecule has 0 aliphatic carbocycles.